The maximum absolute atomic E-state index is 14.3. The van der Waals surface area contributed by atoms with Crippen LogP contribution >= 0.6 is 22.9 Å². The molecule has 1 atom stereocenters. The molecule has 0 N–H and O–H groups in total. The topological polar surface area (TPSA) is 48.5 Å². The summed E-state index contributed by atoms with van der Waals surface area (Å²) < 4.78 is 24.5. The smallest absolute Gasteiger partial charge is 0.271 e. The number of nitrogens with zero attached hydrogens (tertiary/aromatic N) is 3. The van der Waals surface area contributed by atoms with E-state index in [4.69, 9.17) is 21.3 Å². The third-order valence-electron chi connectivity index (χ3n) is 8.22. The number of rotatable bonds is 4. The zero-order valence-electron chi connectivity index (χ0n) is 23.3. The second-order valence-corrected chi connectivity index (χ2v) is 12.0. The number of para-hydroxylation sites is 1. The highest BCUT2D eigenvalue weighted by molar-refractivity contribution is 7.07. The van der Waals surface area contributed by atoms with E-state index in [2.05, 4.69) is 18.2 Å². The van der Waals surface area contributed by atoms with Gasteiger partial charge in [-0.3, -0.25) is 9.36 Å². The molecule has 0 spiro atoms. The van der Waals surface area contributed by atoms with E-state index in [0.29, 0.717) is 15.0 Å². The average molecular weight is 596 g/mol. The molecule has 3 heterocycles. The SMILES string of the molecule is COc1ccccc1[C@H]1C2=C(N=c3s/c(=C\c4cc(C)n(-c5ccc(Cl)c(F)c5)c4C)c(=O)n31)c1ccccc1CC2. The quantitative estimate of drug-likeness (QED) is 0.237. The Balaban J connectivity index is 1.44. The zero-order chi connectivity index (χ0) is 29.1. The number of hydrogen-bond donors (Lipinski definition) is 0. The molecule has 0 fully saturated rings. The molecular weight excluding hydrogens is 569 g/mol. The molecule has 0 saturated heterocycles. The van der Waals surface area contributed by atoms with E-state index in [-0.39, 0.29) is 16.6 Å². The lowest BCUT2D eigenvalue weighted by Gasteiger charge is -2.31. The minimum atomic E-state index is -0.474. The van der Waals surface area contributed by atoms with Crippen molar-refractivity contribution in [3.63, 3.8) is 0 Å². The van der Waals surface area contributed by atoms with Gasteiger partial charge in [-0.05, 0) is 79.8 Å². The second kappa shape index (κ2) is 10.3. The number of methoxy groups -OCH3 is 1. The van der Waals surface area contributed by atoms with Gasteiger partial charge in [0.05, 0.1) is 28.4 Å². The van der Waals surface area contributed by atoms with Gasteiger partial charge in [-0.25, -0.2) is 9.38 Å². The van der Waals surface area contributed by atoms with Crippen molar-refractivity contribution in [1.29, 1.82) is 0 Å². The van der Waals surface area contributed by atoms with Gasteiger partial charge in [-0.15, -0.1) is 0 Å². The number of allylic oxidation sites excluding steroid dienone is 1. The molecular formula is C34H27ClFN3O2S. The van der Waals surface area contributed by atoms with Crippen LogP contribution in [0.25, 0.3) is 17.5 Å². The zero-order valence-corrected chi connectivity index (χ0v) is 24.9. The van der Waals surface area contributed by atoms with E-state index >= 15 is 0 Å². The Bertz CT molecular complexity index is 2120. The van der Waals surface area contributed by atoms with Crippen LogP contribution in [-0.2, 0) is 6.42 Å². The highest BCUT2D eigenvalue weighted by Gasteiger charge is 2.34. The van der Waals surface area contributed by atoms with Gasteiger partial charge in [0.2, 0.25) is 0 Å². The van der Waals surface area contributed by atoms with Crippen LogP contribution in [0.4, 0.5) is 4.39 Å². The van der Waals surface area contributed by atoms with Crippen LogP contribution in [0.5, 0.6) is 5.75 Å². The van der Waals surface area contributed by atoms with Crippen molar-refractivity contribution in [1.82, 2.24) is 9.13 Å². The van der Waals surface area contributed by atoms with E-state index < -0.39 is 5.82 Å². The number of hydrogen-bond acceptors (Lipinski definition) is 4. The fraction of sp³-hybridized carbons (Fsp3) is 0.176. The molecule has 1 aliphatic carbocycles. The summed E-state index contributed by atoms with van der Waals surface area (Å²) in [6.45, 7) is 3.93. The lowest BCUT2D eigenvalue weighted by atomic mass is 9.83. The van der Waals surface area contributed by atoms with Gasteiger partial charge in [0.15, 0.2) is 4.80 Å². The van der Waals surface area contributed by atoms with E-state index in [0.717, 1.165) is 57.9 Å². The molecule has 0 bridgehead atoms. The summed E-state index contributed by atoms with van der Waals surface area (Å²) in [6.07, 6.45) is 3.62. The number of thiazole rings is 1. The lowest BCUT2D eigenvalue weighted by Crippen LogP contribution is -2.39. The molecule has 7 rings (SSSR count). The Morgan fingerprint density at radius 1 is 1.05 bits per heavy atom. The van der Waals surface area contributed by atoms with Gasteiger partial charge in [-0.2, -0.15) is 0 Å². The van der Waals surface area contributed by atoms with E-state index in [1.807, 2.05) is 65.5 Å². The number of aryl methyl sites for hydroxylation is 2. The number of benzene rings is 3. The fourth-order valence-electron chi connectivity index (χ4n) is 6.29. The normalized spacial score (nSPS) is 16.1. The molecule has 1 aliphatic heterocycles. The Kier molecular flexibility index (Phi) is 6.52. The Hall–Kier alpha value is -4.20. The maximum atomic E-state index is 14.3. The van der Waals surface area contributed by atoms with Gasteiger partial charge in [0.25, 0.3) is 5.56 Å². The average Bonchev–Trinajstić information content (AvgIpc) is 3.46. The van der Waals surface area contributed by atoms with Crippen LogP contribution in [0.2, 0.25) is 5.02 Å². The molecule has 5 aromatic rings. The predicted octanol–water partition coefficient (Wildman–Crippen LogP) is 6.53. The van der Waals surface area contributed by atoms with Crippen molar-refractivity contribution >= 4 is 34.7 Å². The first kappa shape index (κ1) is 26.7. The number of ether oxygens (including phenoxy) is 1. The maximum Gasteiger partial charge on any atom is 0.271 e. The molecule has 0 unspecified atom stereocenters. The molecule has 0 saturated carbocycles. The molecule has 2 aromatic heterocycles. The van der Waals surface area contributed by atoms with Crippen LogP contribution in [0, 0.1) is 19.7 Å². The molecule has 42 heavy (non-hydrogen) atoms. The molecule has 5 nitrogen and oxygen atoms in total. The third-order valence-corrected chi connectivity index (χ3v) is 9.51. The summed E-state index contributed by atoms with van der Waals surface area (Å²) >= 11 is 7.32. The van der Waals surface area contributed by atoms with E-state index in [1.165, 1.54) is 23.0 Å². The summed E-state index contributed by atoms with van der Waals surface area (Å²) in [5, 5.41) is 0.0810. The van der Waals surface area contributed by atoms with Crippen LogP contribution < -0.4 is 19.6 Å². The Labute approximate surface area is 251 Å². The summed E-state index contributed by atoms with van der Waals surface area (Å²) in [7, 11) is 1.66. The molecule has 0 amide bonds. The summed E-state index contributed by atoms with van der Waals surface area (Å²) in [5.41, 5.74) is 8.69. The fourth-order valence-corrected chi connectivity index (χ4v) is 7.40. The minimum Gasteiger partial charge on any atom is -0.496 e. The first-order chi connectivity index (χ1) is 20.4. The summed E-state index contributed by atoms with van der Waals surface area (Å²) in [5.74, 6) is 0.266. The first-order valence-electron chi connectivity index (χ1n) is 13.8. The van der Waals surface area contributed by atoms with E-state index in [9.17, 15) is 9.18 Å². The largest absolute Gasteiger partial charge is 0.496 e. The molecule has 3 aromatic carbocycles. The highest BCUT2D eigenvalue weighted by Crippen LogP contribution is 2.43. The van der Waals surface area contributed by atoms with Crippen molar-refractivity contribution in [2.45, 2.75) is 32.7 Å². The summed E-state index contributed by atoms with van der Waals surface area (Å²) in [4.78, 5) is 20.0. The van der Waals surface area contributed by atoms with Crippen molar-refractivity contribution in [2.24, 2.45) is 4.99 Å². The van der Waals surface area contributed by atoms with Crippen molar-refractivity contribution in [2.75, 3.05) is 7.11 Å². The third kappa shape index (κ3) is 4.18. The molecule has 0 radical (unpaired) electrons. The van der Waals surface area contributed by atoms with Crippen molar-refractivity contribution in [3.05, 3.63) is 143 Å². The van der Waals surface area contributed by atoms with Crippen LogP contribution in [0.15, 0.2) is 88.2 Å². The number of fused-ring (bicyclic) bond motifs is 3. The molecule has 2 aliphatic rings. The van der Waals surface area contributed by atoms with Gasteiger partial charge in [0.1, 0.15) is 11.6 Å². The molecule has 210 valence electrons. The van der Waals surface area contributed by atoms with Crippen LogP contribution in [0.1, 0.15) is 46.1 Å². The van der Waals surface area contributed by atoms with Gasteiger partial charge < -0.3 is 9.30 Å². The number of aromatic nitrogens is 2. The monoisotopic (exact) mass is 595 g/mol. The van der Waals surface area contributed by atoms with Crippen LogP contribution in [-0.4, -0.2) is 16.2 Å². The highest BCUT2D eigenvalue weighted by atomic mass is 35.5. The van der Waals surface area contributed by atoms with E-state index in [1.54, 1.807) is 19.2 Å². The summed E-state index contributed by atoms with van der Waals surface area (Å²) in [6, 6.07) is 22.8. The van der Waals surface area contributed by atoms with Crippen LogP contribution in [0.3, 0.4) is 0 Å². The minimum absolute atomic E-state index is 0.0810. The van der Waals surface area contributed by atoms with Crippen molar-refractivity contribution in [3.8, 4) is 11.4 Å². The van der Waals surface area contributed by atoms with Gasteiger partial charge in [-0.1, -0.05) is 65.4 Å². The van der Waals surface area contributed by atoms with Gasteiger partial charge >= 0.3 is 0 Å². The predicted molar refractivity (Wildman–Crippen MR) is 166 cm³/mol. The first-order valence-corrected chi connectivity index (χ1v) is 15.0. The second-order valence-electron chi connectivity index (χ2n) is 10.6. The number of halogens is 2. The molecule has 8 heteroatoms. The standard InChI is InChI=1S/C34H27ClFN3O2S/c1-19-16-22(20(2)38(19)23-13-15-27(35)28(36)18-23)17-30-33(40)39-32(25-10-6-7-11-29(25)41-3)26-14-12-21-8-4-5-9-24(21)31(26)37-34(39)42-30/h4-11,13,15-18,32H,12,14H2,1-3H3/b30-17-/t32-/m0/s1. The Morgan fingerprint density at radius 3 is 2.64 bits per heavy atom. The lowest BCUT2D eigenvalue weighted by molar-refractivity contribution is 0.402. The Morgan fingerprint density at radius 2 is 1.83 bits per heavy atom. The van der Waals surface area contributed by atoms with Gasteiger partial charge in [0, 0.05) is 28.2 Å². The van der Waals surface area contributed by atoms with Crippen molar-refractivity contribution < 1.29 is 9.13 Å².